The molecular formula is C21H22FN3O5S. The molecule has 1 aliphatic heterocycles. The molecule has 0 spiro atoms. The van der Waals surface area contributed by atoms with E-state index in [1.165, 1.54) is 61.3 Å². The van der Waals surface area contributed by atoms with Crippen LogP contribution >= 0.6 is 0 Å². The van der Waals surface area contributed by atoms with E-state index in [2.05, 4.69) is 5.32 Å². The van der Waals surface area contributed by atoms with Crippen molar-refractivity contribution in [3.05, 3.63) is 65.5 Å². The number of hydrogen-bond donors (Lipinski definition) is 1. The fraction of sp³-hybridized carbons (Fsp3) is 0.286. The molecule has 3 rings (SSSR count). The van der Waals surface area contributed by atoms with Crippen molar-refractivity contribution in [2.24, 2.45) is 0 Å². The van der Waals surface area contributed by atoms with E-state index in [4.69, 9.17) is 0 Å². The first-order valence-corrected chi connectivity index (χ1v) is 11.0. The number of halogens is 1. The second-order valence-corrected chi connectivity index (χ2v) is 8.90. The number of fused-ring (bicyclic) bond motifs is 1. The summed E-state index contributed by atoms with van der Waals surface area (Å²) in [6, 6.07) is 10.5. The molecule has 0 aliphatic carbocycles. The number of rotatable bonds is 7. The first-order valence-electron chi connectivity index (χ1n) is 9.58. The molecule has 1 N–H and O–H groups in total. The molecule has 0 saturated heterocycles. The van der Waals surface area contributed by atoms with Gasteiger partial charge in [-0.05, 0) is 36.8 Å². The molecule has 31 heavy (non-hydrogen) atoms. The van der Waals surface area contributed by atoms with Crippen molar-refractivity contribution in [2.75, 3.05) is 13.6 Å². The van der Waals surface area contributed by atoms with Crippen molar-refractivity contribution in [1.29, 1.82) is 0 Å². The van der Waals surface area contributed by atoms with Gasteiger partial charge in [0.1, 0.15) is 16.8 Å². The van der Waals surface area contributed by atoms with Crippen molar-refractivity contribution in [1.82, 2.24) is 14.5 Å². The molecule has 3 amide bonds. The minimum Gasteiger partial charge on any atom is -0.357 e. The van der Waals surface area contributed by atoms with E-state index in [0.29, 0.717) is 9.87 Å². The summed E-state index contributed by atoms with van der Waals surface area (Å²) in [7, 11) is -2.59. The van der Waals surface area contributed by atoms with Gasteiger partial charge < -0.3 is 10.2 Å². The quantitative estimate of drug-likeness (QED) is 0.693. The Morgan fingerprint density at radius 2 is 1.77 bits per heavy atom. The van der Waals surface area contributed by atoms with Gasteiger partial charge in [-0.3, -0.25) is 14.4 Å². The Balaban J connectivity index is 1.78. The van der Waals surface area contributed by atoms with E-state index < -0.39 is 39.6 Å². The van der Waals surface area contributed by atoms with Crippen LogP contribution in [0.4, 0.5) is 4.39 Å². The molecule has 0 bridgehead atoms. The lowest BCUT2D eigenvalue weighted by Crippen LogP contribution is -2.47. The van der Waals surface area contributed by atoms with Crippen LogP contribution < -0.4 is 5.32 Å². The van der Waals surface area contributed by atoms with E-state index in [9.17, 15) is 27.2 Å². The SMILES string of the molecule is CNC(=O)C(C)N(Cc1ccc(F)cc1)C(=O)CCN1C(=O)c2ccccc2S1(=O)=O. The molecule has 0 radical (unpaired) electrons. The zero-order valence-corrected chi connectivity index (χ0v) is 17.9. The summed E-state index contributed by atoms with van der Waals surface area (Å²) < 4.78 is 39.2. The predicted molar refractivity (Wildman–Crippen MR) is 110 cm³/mol. The summed E-state index contributed by atoms with van der Waals surface area (Å²) >= 11 is 0. The fourth-order valence-electron chi connectivity index (χ4n) is 3.37. The summed E-state index contributed by atoms with van der Waals surface area (Å²) in [4.78, 5) is 38.8. The Kier molecular flexibility index (Phi) is 6.40. The third-order valence-electron chi connectivity index (χ3n) is 5.12. The fourth-order valence-corrected chi connectivity index (χ4v) is 4.94. The van der Waals surface area contributed by atoms with E-state index in [0.717, 1.165) is 0 Å². The van der Waals surface area contributed by atoms with E-state index in [1.54, 1.807) is 6.07 Å². The van der Waals surface area contributed by atoms with Gasteiger partial charge in [0.25, 0.3) is 15.9 Å². The van der Waals surface area contributed by atoms with Crippen LogP contribution in [-0.4, -0.2) is 55.0 Å². The molecular weight excluding hydrogens is 425 g/mol. The number of carbonyl (C=O) groups excluding carboxylic acids is 3. The molecule has 1 aliphatic rings. The number of hydrogen-bond acceptors (Lipinski definition) is 5. The van der Waals surface area contributed by atoms with Crippen LogP contribution in [0.1, 0.15) is 29.3 Å². The van der Waals surface area contributed by atoms with Crippen LogP contribution in [-0.2, 0) is 26.2 Å². The average Bonchev–Trinajstić information content (AvgIpc) is 2.96. The Labute approximate surface area is 179 Å². The van der Waals surface area contributed by atoms with Gasteiger partial charge in [0.2, 0.25) is 11.8 Å². The molecule has 8 nitrogen and oxygen atoms in total. The number of nitrogens with one attached hydrogen (secondary N) is 1. The highest BCUT2D eigenvalue weighted by Crippen LogP contribution is 2.30. The van der Waals surface area contributed by atoms with Crippen molar-refractivity contribution in [2.45, 2.75) is 30.8 Å². The summed E-state index contributed by atoms with van der Waals surface area (Å²) in [5.74, 6) is -2.04. The number of benzene rings is 2. The van der Waals surface area contributed by atoms with Crippen LogP contribution in [0.25, 0.3) is 0 Å². The zero-order valence-electron chi connectivity index (χ0n) is 17.0. The third kappa shape index (κ3) is 4.43. The van der Waals surface area contributed by atoms with Gasteiger partial charge in [-0.25, -0.2) is 17.1 Å². The molecule has 0 aromatic heterocycles. The summed E-state index contributed by atoms with van der Waals surface area (Å²) in [5, 5.41) is 2.47. The third-order valence-corrected chi connectivity index (χ3v) is 6.96. The first kappa shape index (κ1) is 22.4. The summed E-state index contributed by atoms with van der Waals surface area (Å²) in [6.45, 7) is 1.21. The Bertz CT molecular complexity index is 1120. The normalized spacial score (nSPS) is 15.3. The zero-order chi connectivity index (χ0) is 22.8. The van der Waals surface area contributed by atoms with Crippen molar-refractivity contribution >= 4 is 27.7 Å². The largest absolute Gasteiger partial charge is 0.357 e. The van der Waals surface area contributed by atoms with E-state index in [-0.39, 0.29) is 30.0 Å². The highest BCUT2D eigenvalue weighted by atomic mass is 32.2. The van der Waals surface area contributed by atoms with Crippen molar-refractivity contribution in [3.63, 3.8) is 0 Å². The van der Waals surface area contributed by atoms with Gasteiger partial charge >= 0.3 is 0 Å². The maximum Gasteiger partial charge on any atom is 0.269 e. The van der Waals surface area contributed by atoms with Gasteiger partial charge in [-0.2, -0.15) is 0 Å². The van der Waals surface area contributed by atoms with Crippen LogP contribution in [0.5, 0.6) is 0 Å². The minimum absolute atomic E-state index is 0.0224. The lowest BCUT2D eigenvalue weighted by atomic mass is 10.1. The number of nitrogens with zero attached hydrogens (tertiary/aromatic N) is 2. The second-order valence-electron chi connectivity index (χ2n) is 7.07. The van der Waals surface area contributed by atoms with Gasteiger partial charge in [-0.15, -0.1) is 0 Å². The standard InChI is InChI=1S/C21H22FN3O5S/c1-14(20(27)23-2)24(13-15-7-9-16(22)10-8-15)19(26)11-12-25-21(28)17-5-3-4-6-18(17)31(25,29)30/h3-10,14H,11-13H2,1-2H3,(H,23,27). The minimum atomic E-state index is -4.03. The monoisotopic (exact) mass is 447 g/mol. The molecule has 10 heteroatoms. The molecule has 0 fully saturated rings. The van der Waals surface area contributed by atoms with Crippen molar-refractivity contribution < 1.29 is 27.2 Å². The molecule has 2 aromatic rings. The number of amides is 3. The highest BCUT2D eigenvalue weighted by molar-refractivity contribution is 7.90. The average molecular weight is 447 g/mol. The lowest BCUT2D eigenvalue weighted by Gasteiger charge is -2.29. The summed E-state index contributed by atoms with van der Waals surface area (Å²) in [5.41, 5.74) is 0.666. The van der Waals surface area contributed by atoms with Crippen LogP contribution in [0, 0.1) is 5.82 Å². The van der Waals surface area contributed by atoms with Gasteiger partial charge in [0, 0.05) is 26.6 Å². The number of likely N-dealkylation sites (N-methyl/N-ethyl adjacent to an activating group) is 1. The maximum atomic E-state index is 13.2. The Morgan fingerprint density at radius 3 is 2.39 bits per heavy atom. The molecule has 0 saturated carbocycles. The maximum absolute atomic E-state index is 13.2. The number of carbonyl (C=O) groups is 3. The molecule has 1 atom stereocenters. The van der Waals surface area contributed by atoms with Gasteiger partial charge in [-0.1, -0.05) is 24.3 Å². The molecule has 164 valence electrons. The Hall–Kier alpha value is -3.27. The predicted octanol–water partition coefficient (Wildman–Crippen LogP) is 1.52. The highest BCUT2D eigenvalue weighted by Gasteiger charge is 2.41. The molecule has 1 heterocycles. The van der Waals surface area contributed by atoms with Crippen LogP contribution in [0.3, 0.4) is 0 Å². The second kappa shape index (κ2) is 8.84. The Morgan fingerprint density at radius 1 is 1.13 bits per heavy atom. The van der Waals surface area contributed by atoms with E-state index >= 15 is 0 Å². The molecule has 2 aromatic carbocycles. The smallest absolute Gasteiger partial charge is 0.269 e. The van der Waals surface area contributed by atoms with Crippen LogP contribution in [0.15, 0.2) is 53.4 Å². The van der Waals surface area contributed by atoms with Gasteiger partial charge in [0.05, 0.1) is 5.56 Å². The number of sulfonamides is 1. The topological polar surface area (TPSA) is 104 Å². The summed E-state index contributed by atoms with van der Waals surface area (Å²) in [6.07, 6.45) is -0.304. The van der Waals surface area contributed by atoms with Gasteiger partial charge in [0.15, 0.2) is 0 Å². The lowest BCUT2D eigenvalue weighted by molar-refractivity contribution is -0.140. The van der Waals surface area contributed by atoms with Crippen molar-refractivity contribution in [3.8, 4) is 0 Å². The van der Waals surface area contributed by atoms with E-state index in [1.807, 2.05) is 0 Å². The first-order chi connectivity index (χ1) is 14.7. The molecule has 1 unspecified atom stereocenters. The van der Waals surface area contributed by atoms with Crippen LogP contribution in [0.2, 0.25) is 0 Å².